The number of fused-ring (bicyclic) bond motifs is 1. The van der Waals surface area contributed by atoms with E-state index in [0.29, 0.717) is 23.7 Å². The van der Waals surface area contributed by atoms with Crippen molar-refractivity contribution in [3.8, 4) is 11.3 Å². The Balaban J connectivity index is 1.61. The lowest BCUT2D eigenvalue weighted by Crippen LogP contribution is -2.30. The van der Waals surface area contributed by atoms with E-state index in [0.717, 1.165) is 21.5 Å². The van der Waals surface area contributed by atoms with Crippen LogP contribution in [0.4, 0.5) is 5.69 Å². The molecule has 0 unspecified atom stereocenters. The molecule has 1 aromatic carbocycles. The summed E-state index contributed by atoms with van der Waals surface area (Å²) >= 11 is 7.44. The third-order valence-electron chi connectivity index (χ3n) is 5.07. The van der Waals surface area contributed by atoms with Crippen LogP contribution in [0.5, 0.6) is 0 Å². The Morgan fingerprint density at radius 1 is 1.09 bits per heavy atom. The van der Waals surface area contributed by atoms with Crippen LogP contribution in [0.15, 0.2) is 65.8 Å². The number of nitrogens with zero attached hydrogens (tertiary/aromatic N) is 3. The quantitative estimate of drug-likeness (QED) is 0.372. The Morgan fingerprint density at radius 2 is 1.88 bits per heavy atom. The molecule has 0 aliphatic rings. The molecule has 0 aliphatic heterocycles. The Bertz CT molecular complexity index is 1420. The fraction of sp³-hybridized carbons (Fsp3) is 0.174. The molecule has 3 heterocycles. The number of rotatable bonds is 7. The van der Waals surface area contributed by atoms with Gasteiger partial charge in [-0.05, 0) is 42.5 Å². The first-order valence-corrected chi connectivity index (χ1v) is 12.9. The summed E-state index contributed by atoms with van der Waals surface area (Å²) in [5, 5.41) is 3.70. The zero-order valence-corrected chi connectivity index (χ0v) is 20.3. The van der Waals surface area contributed by atoms with Crippen LogP contribution in [-0.2, 0) is 10.0 Å². The fourth-order valence-corrected chi connectivity index (χ4v) is 6.23. The van der Waals surface area contributed by atoms with Crippen molar-refractivity contribution in [2.24, 2.45) is 0 Å². The van der Waals surface area contributed by atoms with Crippen molar-refractivity contribution in [2.45, 2.75) is 18.7 Å². The number of carbonyl (C=O) groups excluding carboxylic acids is 1. The molecule has 0 radical (unpaired) electrons. The normalized spacial score (nSPS) is 11.8. The largest absolute Gasteiger partial charge is 0.321 e. The smallest absolute Gasteiger partial charge is 0.265 e. The van der Waals surface area contributed by atoms with Gasteiger partial charge in [-0.3, -0.25) is 9.78 Å². The van der Waals surface area contributed by atoms with Crippen molar-refractivity contribution in [3.05, 3.63) is 70.8 Å². The molecule has 1 N–H and O–H groups in total. The molecule has 7 nitrogen and oxygen atoms in total. The number of aromatic nitrogens is 2. The van der Waals surface area contributed by atoms with Gasteiger partial charge in [0.2, 0.25) is 10.0 Å². The Hall–Kier alpha value is -2.85. The van der Waals surface area contributed by atoms with Gasteiger partial charge in [0, 0.05) is 42.1 Å². The summed E-state index contributed by atoms with van der Waals surface area (Å²) < 4.78 is 27.1. The molecule has 4 rings (SSSR count). The highest BCUT2D eigenvalue weighted by Gasteiger charge is 2.25. The summed E-state index contributed by atoms with van der Waals surface area (Å²) in [4.78, 5) is 22.8. The minimum Gasteiger partial charge on any atom is -0.321 e. The zero-order chi connectivity index (χ0) is 23.6. The predicted molar refractivity (Wildman–Crippen MR) is 132 cm³/mol. The van der Waals surface area contributed by atoms with Gasteiger partial charge in [-0.2, -0.15) is 4.31 Å². The summed E-state index contributed by atoms with van der Waals surface area (Å²) in [5.41, 5.74) is 2.00. The van der Waals surface area contributed by atoms with E-state index in [2.05, 4.69) is 15.3 Å². The minimum absolute atomic E-state index is 0.0383. The maximum atomic E-state index is 12.9. The number of halogens is 1. The van der Waals surface area contributed by atoms with Crippen molar-refractivity contribution >= 4 is 54.8 Å². The predicted octanol–water partition coefficient (Wildman–Crippen LogP) is 5.29. The second-order valence-corrected chi connectivity index (χ2v) is 10.5. The van der Waals surface area contributed by atoms with Gasteiger partial charge < -0.3 is 5.32 Å². The van der Waals surface area contributed by atoms with Gasteiger partial charge >= 0.3 is 0 Å². The van der Waals surface area contributed by atoms with E-state index in [-0.39, 0.29) is 15.8 Å². The molecule has 0 saturated heterocycles. The zero-order valence-electron chi connectivity index (χ0n) is 17.9. The van der Waals surface area contributed by atoms with Gasteiger partial charge in [0.15, 0.2) is 0 Å². The average Bonchev–Trinajstić information content (AvgIpc) is 3.25. The standard InChI is InChI=1S/C23H21ClN4O3S2/c1-3-28(4-2)33(30,31)21-13-17(8-9-18(21)24)27-22(29)20-12-15-11-16(14-26-23(15)32-20)19-7-5-6-10-25-19/h5-14H,3-4H2,1-2H3,(H,27,29). The lowest BCUT2D eigenvalue weighted by Gasteiger charge is -2.19. The molecule has 0 aliphatic carbocycles. The molecule has 0 saturated carbocycles. The minimum atomic E-state index is -3.77. The Kier molecular flexibility index (Phi) is 6.76. The van der Waals surface area contributed by atoms with Crippen LogP contribution in [0.2, 0.25) is 5.02 Å². The SMILES string of the molecule is CCN(CC)S(=O)(=O)c1cc(NC(=O)c2cc3cc(-c4ccccn4)cnc3s2)ccc1Cl. The highest BCUT2D eigenvalue weighted by atomic mass is 35.5. The first-order chi connectivity index (χ1) is 15.8. The van der Waals surface area contributed by atoms with Crippen molar-refractivity contribution in [1.82, 2.24) is 14.3 Å². The van der Waals surface area contributed by atoms with E-state index in [9.17, 15) is 13.2 Å². The Labute approximate surface area is 201 Å². The van der Waals surface area contributed by atoms with E-state index in [1.165, 1.54) is 27.8 Å². The van der Waals surface area contributed by atoms with Crippen LogP contribution in [0.1, 0.15) is 23.5 Å². The molecular formula is C23H21ClN4O3S2. The highest BCUT2D eigenvalue weighted by molar-refractivity contribution is 7.89. The second kappa shape index (κ2) is 9.56. The molecule has 10 heteroatoms. The van der Waals surface area contributed by atoms with Crippen molar-refractivity contribution in [2.75, 3.05) is 18.4 Å². The highest BCUT2D eigenvalue weighted by Crippen LogP contribution is 2.30. The van der Waals surface area contributed by atoms with Gasteiger partial charge in [-0.25, -0.2) is 13.4 Å². The number of carbonyl (C=O) groups is 1. The number of amides is 1. The number of thiophene rings is 1. The van der Waals surface area contributed by atoms with Gasteiger partial charge in [-0.15, -0.1) is 11.3 Å². The van der Waals surface area contributed by atoms with Crippen molar-refractivity contribution in [1.29, 1.82) is 0 Å². The number of sulfonamides is 1. The van der Waals surface area contributed by atoms with E-state index in [4.69, 9.17) is 11.6 Å². The fourth-order valence-electron chi connectivity index (χ4n) is 3.39. The first kappa shape index (κ1) is 23.3. The third kappa shape index (κ3) is 4.77. The summed E-state index contributed by atoms with van der Waals surface area (Å²) in [7, 11) is -3.77. The van der Waals surface area contributed by atoms with E-state index >= 15 is 0 Å². The molecular weight excluding hydrogens is 480 g/mol. The van der Waals surface area contributed by atoms with Gasteiger partial charge in [-0.1, -0.05) is 31.5 Å². The topological polar surface area (TPSA) is 92.3 Å². The third-order valence-corrected chi connectivity index (χ3v) is 8.66. The van der Waals surface area contributed by atoms with E-state index in [1.807, 2.05) is 24.3 Å². The average molecular weight is 501 g/mol. The molecule has 0 atom stereocenters. The van der Waals surface area contributed by atoms with Crippen molar-refractivity contribution in [3.63, 3.8) is 0 Å². The summed E-state index contributed by atoms with van der Waals surface area (Å²) in [6.45, 7) is 4.16. The number of anilines is 1. The summed E-state index contributed by atoms with van der Waals surface area (Å²) in [6, 6.07) is 13.8. The number of pyridine rings is 2. The molecule has 0 fully saturated rings. The van der Waals surface area contributed by atoms with Crippen LogP contribution in [0, 0.1) is 0 Å². The van der Waals surface area contributed by atoms with Crippen LogP contribution < -0.4 is 5.32 Å². The summed E-state index contributed by atoms with van der Waals surface area (Å²) in [6.07, 6.45) is 3.44. The van der Waals surface area contributed by atoms with Crippen LogP contribution in [-0.4, -0.2) is 41.7 Å². The lowest BCUT2D eigenvalue weighted by atomic mass is 10.1. The van der Waals surface area contributed by atoms with Crippen LogP contribution in [0.3, 0.4) is 0 Å². The molecule has 3 aromatic heterocycles. The molecule has 170 valence electrons. The first-order valence-electron chi connectivity index (χ1n) is 10.3. The monoisotopic (exact) mass is 500 g/mol. The molecule has 33 heavy (non-hydrogen) atoms. The van der Waals surface area contributed by atoms with Gasteiger partial charge in [0.05, 0.1) is 15.6 Å². The molecule has 1 amide bonds. The van der Waals surface area contributed by atoms with Crippen molar-refractivity contribution < 1.29 is 13.2 Å². The number of hydrogen-bond donors (Lipinski definition) is 1. The Morgan fingerprint density at radius 3 is 2.58 bits per heavy atom. The number of benzene rings is 1. The molecule has 0 bridgehead atoms. The maximum absolute atomic E-state index is 12.9. The van der Waals surface area contributed by atoms with Crippen LogP contribution >= 0.6 is 22.9 Å². The lowest BCUT2D eigenvalue weighted by molar-refractivity contribution is 0.103. The van der Waals surface area contributed by atoms with E-state index in [1.54, 1.807) is 38.4 Å². The van der Waals surface area contributed by atoms with Gasteiger partial charge in [0.25, 0.3) is 5.91 Å². The molecule has 0 spiro atoms. The van der Waals surface area contributed by atoms with E-state index < -0.39 is 10.0 Å². The second-order valence-electron chi connectivity index (χ2n) is 7.13. The maximum Gasteiger partial charge on any atom is 0.265 e. The van der Waals surface area contributed by atoms with Crippen LogP contribution in [0.25, 0.3) is 21.5 Å². The number of hydrogen-bond acceptors (Lipinski definition) is 6. The molecule has 4 aromatic rings. The summed E-state index contributed by atoms with van der Waals surface area (Å²) in [5.74, 6) is -0.356. The number of nitrogens with one attached hydrogen (secondary N) is 1. The van der Waals surface area contributed by atoms with Gasteiger partial charge in [0.1, 0.15) is 9.73 Å².